The van der Waals surface area contributed by atoms with Gasteiger partial charge in [0.15, 0.2) is 0 Å². The van der Waals surface area contributed by atoms with E-state index in [1.807, 2.05) is 6.92 Å². The van der Waals surface area contributed by atoms with Gasteiger partial charge in [-0.15, -0.1) is 0 Å². The molecule has 35 heavy (non-hydrogen) atoms. The molecule has 1 amide bonds. The summed E-state index contributed by atoms with van der Waals surface area (Å²) in [4.78, 5) is 26.1. The Labute approximate surface area is 197 Å². The fraction of sp³-hybridized carbons (Fsp3) is 0.304. The largest absolute Gasteiger partial charge is 0.433 e. The Morgan fingerprint density at radius 1 is 1.29 bits per heavy atom. The lowest BCUT2D eigenvalue weighted by Crippen LogP contribution is -2.48. The van der Waals surface area contributed by atoms with E-state index in [0.29, 0.717) is 45.6 Å². The molecule has 3 N–H and O–H groups in total. The summed E-state index contributed by atoms with van der Waals surface area (Å²) in [6, 6.07) is 5.11. The second kappa shape index (κ2) is 8.47. The lowest BCUT2D eigenvalue weighted by molar-refractivity contribution is -0.141. The highest BCUT2D eigenvalue weighted by atomic mass is 19.4. The maximum atomic E-state index is 13.8. The molecule has 9 nitrogen and oxygen atoms in total. The van der Waals surface area contributed by atoms with E-state index in [1.165, 1.54) is 11.1 Å². The van der Waals surface area contributed by atoms with E-state index >= 15 is 0 Å². The Bertz CT molecular complexity index is 1450. The molecule has 0 saturated heterocycles. The van der Waals surface area contributed by atoms with Crippen LogP contribution >= 0.6 is 0 Å². The van der Waals surface area contributed by atoms with Gasteiger partial charge in [0.25, 0.3) is 5.91 Å². The van der Waals surface area contributed by atoms with Crippen LogP contribution in [0.25, 0.3) is 16.6 Å². The van der Waals surface area contributed by atoms with Crippen molar-refractivity contribution in [2.75, 3.05) is 18.9 Å². The van der Waals surface area contributed by atoms with E-state index in [4.69, 9.17) is 10.5 Å². The van der Waals surface area contributed by atoms with Crippen molar-refractivity contribution in [2.24, 2.45) is 0 Å². The third-order valence-corrected chi connectivity index (χ3v) is 5.99. The van der Waals surface area contributed by atoms with Crippen LogP contribution in [0.1, 0.15) is 45.8 Å². The SMILES string of the molecule is CCNN(C(=O)c1cc2c(cc1C)nc(N)c1cncn12)C1COCc2nc(C(F)(F)F)ccc21. The monoisotopic (exact) mass is 485 g/mol. The van der Waals surface area contributed by atoms with Gasteiger partial charge in [-0.25, -0.2) is 20.4 Å². The number of ether oxygens (including phenoxy) is 1. The fourth-order valence-corrected chi connectivity index (χ4v) is 4.34. The maximum absolute atomic E-state index is 13.8. The molecule has 1 aliphatic heterocycles. The molecule has 5 rings (SSSR count). The molecule has 0 radical (unpaired) electrons. The summed E-state index contributed by atoms with van der Waals surface area (Å²) < 4.78 is 46.8. The third kappa shape index (κ3) is 3.94. The Kier molecular flexibility index (Phi) is 5.56. The minimum atomic E-state index is -4.57. The summed E-state index contributed by atoms with van der Waals surface area (Å²) in [5, 5.41) is 1.40. The van der Waals surface area contributed by atoms with Crippen LogP contribution < -0.4 is 11.2 Å². The van der Waals surface area contributed by atoms with Crippen molar-refractivity contribution in [3.05, 3.63) is 64.9 Å². The first-order valence-electron chi connectivity index (χ1n) is 10.9. The number of imidazole rings is 1. The Hall–Kier alpha value is -3.77. The molecule has 0 bridgehead atoms. The Morgan fingerprint density at radius 3 is 2.83 bits per heavy atom. The number of halogens is 3. The molecule has 3 aromatic heterocycles. The number of nitrogens with two attached hydrogens (primary N) is 1. The summed E-state index contributed by atoms with van der Waals surface area (Å²) in [5.41, 5.74) is 11.7. The number of carbonyl (C=O) groups is 1. The van der Waals surface area contributed by atoms with Crippen LogP contribution in [-0.4, -0.2) is 43.4 Å². The van der Waals surface area contributed by atoms with Crippen molar-refractivity contribution in [3.63, 3.8) is 0 Å². The first kappa shape index (κ1) is 23.0. The van der Waals surface area contributed by atoms with Gasteiger partial charge >= 0.3 is 6.18 Å². The number of alkyl halides is 3. The standard InChI is InChI=1S/C23H22F3N7O2/c1-3-29-33(19-10-35-9-16-13(19)4-5-20(30-16)23(24,25)26)22(34)14-7-17-15(6-12(14)2)31-21(27)18-8-28-11-32(17)18/h4-8,11,19,29H,3,9-10H2,1-2H3,(H2,27,31). The topological polar surface area (TPSA) is 111 Å². The van der Waals surface area contributed by atoms with Gasteiger partial charge in [0.2, 0.25) is 0 Å². The lowest BCUT2D eigenvalue weighted by atomic mass is 10.00. The first-order valence-corrected chi connectivity index (χ1v) is 10.9. The van der Waals surface area contributed by atoms with Crippen LogP contribution in [0.15, 0.2) is 36.8 Å². The quantitative estimate of drug-likeness (QED) is 0.426. The Balaban J connectivity index is 1.58. The number of carbonyl (C=O) groups excluding carboxylic acids is 1. The molecule has 0 spiro atoms. The second-order valence-electron chi connectivity index (χ2n) is 8.25. The molecular weight excluding hydrogens is 463 g/mol. The fourth-order valence-electron chi connectivity index (χ4n) is 4.34. The normalized spacial score (nSPS) is 16.0. The highest BCUT2D eigenvalue weighted by Crippen LogP contribution is 2.34. The van der Waals surface area contributed by atoms with Crippen molar-refractivity contribution in [2.45, 2.75) is 32.7 Å². The number of fused-ring (bicyclic) bond motifs is 4. The molecule has 4 aromatic rings. The number of amides is 1. The molecule has 4 heterocycles. The number of aryl methyl sites for hydroxylation is 1. The van der Waals surface area contributed by atoms with Gasteiger partial charge in [-0.2, -0.15) is 13.2 Å². The number of benzene rings is 1. The van der Waals surface area contributed by atoms with Crippen LogP contribution in [0.2, 0.25) is 0 Å². The second-order valence-corrected chi connectivity index (χ2v) is 8.25. The number of aromatic nitrogens is 4. The van der Waals surface area contributed by atoms with Gasteiger partial charge in [-0.1, -0.05) is 13.0 Å². The van der Waals surface area contributed by atoms with Gasteiger partial charge in [-0.05, 0) is 30.7 Å². The Morgan fingerprint density at radius 2 is 2.09 bits per heavy atom. The van der Waals surface area contributed by atoms with Crippen LogP contribution in [0.4, 0.5) is 19.0 Å². The summed E-state index contributed by atoms with van der Waals surface area (Å²) >= 11 is 0. The average molecular weight is 485 g/mol. The van der Waals surface area contributed by atoms with Crippen molar-refractivity contribution < 1.29 is 22.7 Å². The minimum Gasteiger partial charge on any atom is -0.382 e. The van der Waals surface area contributed by atoms with Gasteiger partial charge < -0.3 is 10.5 Å². The predicted octanol–water partition coefficient (Wildman–Crippen LogP) is 3.43. The third-order valence-electron chi connectivity index (χ3n) is 5.99. The number of nitrogen functional groups attached to an aromatic ring is 1. The minimum absolute atomic E-state index is 0.0649. The van der Waals surface area contributed by atoms with Crippen LogP contribution in [0.5, 0.6) is 0 Å². The van der Waals surface area contributed by atoms with Crippen molar-refractivity contribution in [1.82, 2.24) is 29.8 Å². The number of nitrogens with one attached hydrogen (secondary N) is 1. The number of nitrogens with zero attached hydrogens (tertiary/aromatic N) is 5. The van der Waals surface area contributed by atoms with E-state index in [-0.39, 0.29) is 24.8 Å². The van der Waals surface area contributed by atoms with E-state index in [1.54, 1.807) is 36.0 Å². The molecule has 12 heteroatoms. The lowest BCUT2D eigenvalue weighted by Gasteiger charge is -2.35. The van der Waals surface area contributed by atoms with Crippen molar-refractivity contribution in [1.29, 1.82) is 0 Å². The molecule has 1 atom stereocenters. The van der Waals surface area contributed by atoms with E-state index < -0.39 is 17.9 Å². The molecule has 1 aromatic carbocycles. The number of rotatable bonds is 4. The summed E-state index contributed by atoms with van der Waals surface area (Å²) in [7, 11) is 0. The van der Waals surface area contributed by atoms with E-state index in [2.05, 4.69) is 20.4 Å². The van der Waals surface area contributed by atoms with Gasteiger partial charge in [0.1, 0.15) is 17.0 Å². The zero-order valence-corrected chi connectivity index (χ0v) is 18.9. The number of pyridine rings is 1. The van der Waals surface area contributed by atoms with Gasteiger partial charge in [-0.3, -0.25) is 14.2 Å². The number of hydrogen-bond acceptors (Lipinski definition) is 7. The smallest absolute Gasteiger partial charge is 0.382 e. The number of hydrazine groups is 1. The number of anilines is 1. The zero-order chi connectivity index (χ0) is 24.9. The van der Waals surface area contributed by atoms with Crippen molar-refractivity contribution >= 4 is 28.3 Å². The summed E-state index contributed by atoms with van der Waals surface area (Å²) in [6.45, 7) is 4.06. The highest BCUT2D eigenvalue weighted by molar-refractivity contribution is 5.99. The number of hydrogen-bond donors (Lipinski definition) is 2. The molecule has 0 aliphatic carbocycles. The molecule has 1 unspecified atom stereocenters. The van der Waals surface area contributed by atoms with E-state index in [0.717, 1.165) is 6.07 Å². The molecule has 0 saturated carbocycles. The van der Waals surface area contributed by atoms with E-state index in [9.17, 15) is 18.0 Å². The van der Waals surface area contributed by atoms with Gasteiger partial charge in [0, 0.05) is 17.7 Å². The van der Waals surface area contributed by atoms with Crippen LogP contribution in [0, 0.1) is 6.92 Å². The van der Waals surface area contributed by atoms with Crippen LogP contribution in [0.3, 0.4) is 0 Å². The molecule has 182 valence electrons. The molecular formula is C23H22F3N7O2. The van der Waals surface area contributed by atoms with Gasteiger partial charge in [0.05, 0.1) is 48.5 Å². The maximum Gasteiger partial charge on any atom is 0.433 e. The molecule has 1 aliphatic rings. The highest BCUT2D eigenvalue weighted by Gasteiger charge is 2.36. The van der Waals surface area contributed by atoms with Crippen molar-refractivity contribution in [3.8, 4) is 0 Å². The predicted molar refractivity (Wildman–Crippen MR) is 121 cm³/mol. The van der Waals surface area contributed by atoms with Crippen LogP contribution in [-0.2, 0) is 17.5 Å². The zero-order valence-electron chi connectivity index (χ0n) is 18.9. The average Bonchev–Trinajstić information content (AvgIpc) is 3.32. The summed E-state index contributed by atoms with van der Waals surface area (Å²) in [6.07, 6.45) is -1.39. The summed E-state index contributed by atoms with van der Waals surface area (Å²) in [5.74, 6) is -0.0397. The molecule has 0 fully saturated rings. The first-order chi connectivity index (χ1) is 16.7.